The molecule has 1 fully saturated rings. The second-order valence-electron chi connectivity index (χ2n) is 3.87. The van der Waals surface area contributed by atoms with Gasteiger partial charge in [-0.3, -0.25) is 4.79 Å². The molecule has 0 N–H and O–H groups in total. The molecule has 1 atom stereocenters. The molecule has 1 unspecified atom stereocenters. The summed E-state index contributed by atoms with van der Waals surface area (Å²) in [5.41, 5.74) is 0.788. The van der Waals surface area contributed by atoms with Crippen LogP contribution in [-0.2, 0) is 11.3 Å². The average Bonchev–Trinajstić information content (AvgIpc) is 2.51. The molecule has 0 spiro atoms. The van der Waals surface area contributed by atoms with Crippen LogP contribution in [0.25, 0.3) is 0 Å². The van der Waals surface area contributed by atoms with Crippen molar-refractivity contribution in [3.05, 3.63) is 34.1 Å². The summed E-state index contributed by atoms with van der Waals surface area (Å²) in [6.45, 7) is 1.07. The molecule has 86 valence electrons. The van der Waals surface area contributed by atoms with Crippen molar-refractivity contribution in [2.75, 3.05) is 6.54 Å². The molecule has 1 aliphatic rings. The van der Waals surface area contributed by atoms with Crippen molar-refractivity contribution in [3.8, 4) is 0 Å². The minimum Gasteiger partial charge on any atom is -0.337 e. The quantitative estimate of drug-likeness (QED) is 0.833. The number of halogens is 2. The Hall–Kier alpha value is -0.550. The first-order valence-electron chi connectivity index (χ1n) is 4.96. The number of thiol groups is 1. The van der Waals surface area contributed by atoms with Gasteiger partial charge in [-0.05, 0) is 23.8 Å². The molecular weight excluding hydrogens is 293 g/mol. The smallest absolute Gasteiger partial charge is 0.224 e. The lowest BCUT2D eigenvalue weighted by Gasteiger charge is -2.16. The van der Waals surface area contributed by atoms with Crippen molar-refractivity contribution >= 4 is 34.5 Å². The summed E-state index contributed by atoms with van der Waals surface area (Å²) in [6.07, 6.45) is 0.468. The number of hydrogen-bond acceptors (Lipinski definition) is 2. The summed E-state index contributed by atoms with van der Waals surface area (Å²) in [5.74, 6) is -0.205. The van der Waals surface area contributed by atoms with Crippen LogP contribution in [0.3, 0.4) is 0 Å². The molecule has 1 amide bonds. The zero-order valence-corrected chi connectivity index (χ0v) is 11.0. The summed E-state index contributed by atoms with van der Waals surface area (Å²) in [7, 11) is 0. The molecule has 0 radical (unpaired) electrons. The van der Waals surface area contributed by atoms with E-state index in [2.05, 4.69) is 28.6 Å². The minimum atomic E-state index is -0.285. The first-order valence-corrected chi connectivity index (χ1v) is 6.27. The highest BCUT2D eigenvalue weighted by molar-refractivity contribution is 9.10. The van der Waals surface area contributed by atoms with Gasteiger partial charge in [0.15, 0.2) is 0 Å². The molecule has 0 aliphatic carbocycles. The molecule has 1 aliphatic heterocycles. The number of carbonyl (C=O) groups is 1. The van der Waals surface area contributed by atoms with Crippen molar-refractivity contribution in [1.29, 1.82) is 0 Å². The van der Waals surface area contributed by atoms with Gasteiger partial charge < -0.3 is 4.90 Å². The Kier molecular flexibility index (Phi) is 3.54. The number of hydrogen-bond donors (Lipinski definition) is 1. The molecule has 1 aromatic carbocycles. The Bertz CT molecular complexity index is 426. The van der Waals surface area contributed by atoms with Crippen molar-refractivity contribution < 1.29 is 9.18 Å². The number of benzene rings is 1. The molecule has 1 saturated heterocycles. The topological polar surface area (TPSA) is 20.3 Å². The predicted octanol–water partition coefficient (Wildman–Crippen LogP) is 2.62. The summed E-state index contributed by atoms with van der Waals surface area (Å²) >= 11 is 7.62. The van der Waals surface area contributed by atoms with Crippen LogP contribution in [0.4, 0.5) is 4.39 Å². The number of carbonyl (C=O) groups excluding carboxylic acids is 1. The van der Waals surface area contributed by atoms with Crippen LogP contribution in [0.1, 0.15) is 12.0 Å². The Morgan fingerprint density at radius 1 is 1.56 bits per heavy atom. The van der Waals surface area contributed by atoms with Crippen molar-refractivity contribution in [1.82, 2.24) is 4.90 Å². The minimum absolute atomic E-state index is 0.0798. The van der Waals surface area contributed by atoms with E-state index in [1.807, 2.05) is 0 Å². The molecule has 1 aromatic rings. The van der Waals surface area contributed by atoms with E-state index in [4.69, 9.17) is 0 Å². The second-order valence-corrected chi connectivity index (χ2v) is 5.45. The molecule has 5 heteroatoms. The maximum absolute atomic E-state index is 13.1. The van der Waals surface area contributed by atoms with E-state index in [0.29, 0.717) is 19.5 Å². The van der Waals surface area contributed by atoms with E-state index in [1.165, 1.54) is 12.1 Å². The van der Waals surface area contributed by atoms with Crippen molar-refractivity contribution in [2.24, 2.45) is 0 Å². The molecular formula is C11H11BrFNOS. The summed E-state index contributed by atoms with van der Waals surface area (Å²) in [5, 5.41) is 0.0971. The Morgan fingerprint density at radius 2 is 2.31 bits per heavy atom. The predicted molar refractivity (Wildman–Crippen MR) is 66.9 cm³/mol. The fourth-order valence-electron chi connectivity index (χ4n) is 1.77. The van der Waals surface area contributed by atoms with Crippen LogP contribution in [0, 0.1) is 5.82 Å². The van der Waals surface area contributed by atoms with Crippen molar-refractivity contribution in [2.45, 2.75) is 18.2 Å². The fraction of sp³-hybridized carbons (Fsp3) is 0.364. The summed E-state index contributed by atoms with van der Waals surface area (Å²) in [6, 6.07) is 4.49. The van der Waals surface area contributed by atoms with E-state index in [-0.39, 0.29) is 17.0 Å². The van der Waals surface area contributed by atoms with Gasteiger partial charge in [0.25, 0.3) is 0 Å². The van der Waals surface area contributed by atoms with E-state index in [1.54, 1.807) is 11.0 Å². The summed E-state index contributed by atoms with van der Waals surface area (Å²) < 4.78 is 13.9. The van der Waals surface area contributed by atoms with Gasteiger partial charge >= 0.3 is 0 Å². The first kappa shape index (κ1) is 11.9. The largest absolute Gasteiger partial charge is 0.337 e. The van der Waals surface area contributed by atoms with Gasteiger partial charge in [-0.1, -0.05) is 15.9 Å². The van der Waals surface area contributed by atoms with Crippen LogP contribution in [0.15, 0.2) is 22.7 Å². The SMILES string of the molecule is O=C1CC(S)CN1Cc1cc(F)ccc1Br. The number of likely N-dealkylation sites (tertiary alicyclic amines) is 1. The van der Waals surface area contributed by atoms with Crippen molar-refractivity contribution in [3.63, 3.8) is 0 Å². The number of amides is 1. The van der Waals surface area contributed by atoms with Crippen LogP contribution >= 0.6 is 28.6 Å². The lowest BCUT2D eigenvalue weighted by molar-refractivity contribution is -0.128. The van der Waals surface area contributed by atoms with Gasteiger partial charge in [0.1, 0.15) is 5.82 Å². The molecule has 2 nitrogen and oxygen atoms in total. The van der Waals surface area contributed by atoms with Gasteiger partial charge in [-0.15, -0.1) is 0 Å². The van der Waals surface area contributed by atoms with Gasteiger partial charge in [-0.25, -0.2) is 4.39 Å². The van der Waals surface area contributed by atoms with E-state index >= 15 is 0 Å². The zero-order valence-electron chi connectivity index (χ0n) is 8.49. The van der Waals surface area contributed by atoms with Gasteiger partial charge in [-0.2, -0.15) is 12.6 Å². The van der Waals surface area contributed by atoms with Crippen LogP contribution in [0.5, 0.6) is 0 Å². The van der Waals surface area contributed by atoms with Crippen LogP contribution < -0.4 is 0 Å². The fourth-order valence-corrected chi connectivity index (χ4v) is 2.50. The number of rotatable bonds is 2. The van der Waals surface area contributed by atoms with Gasteiger partial charge in [0, 0.05) is 29.2 Å². The zero-order chi connectivity index (χ0) is 11.7. The highest BCUT2D eigenvalue weighted by Gasteiger charge is 2.27. The monoisotopic (exact) mass is 303 g/mol. The Morgan fingerprint density at radius 3 is 2.94 bits per heavy atom. The molecule has 16 heavy (non-hydrogen) atoms. The van der Waals surface area contributed by atoms with Gasteiger partial charge in [0.05, 0.1) is 0 Å². The number of nitrogens with zero attached hydrogens (tertiary/aromatic N) is 1. The lowest BCUT2D eigenvalue weighted by Crippen LogP contribution is -2.24. The molecule has 1 heterocycles. The van der Waals surface area contributed by atoms with Gasteiger partial charge in [0.2, 0.25) is 5.91 Å². The highest BCUT2D eigenvalue weighted by Crippen LogP contribution is 2.23. The molecule has 0 aromatic heterocycles. The third kappa shape index (κ3) is 2.58. The lowest BCUT2D eigenvalue weighted by atomic mass is 10.2. The Balaban J connectivity index is 2.15. The van der Waals surface area contributed by atoms with E-state index in [9.17, 15) is 9.18 Å². The third-order valence-corrected chi connectivity index (χ3v) is 3.68. The molecule has 0 saturated carbocycles. The van der Waals surface area contributed by atoms with E-state index < -0.39 is 0 Å². The molecule has 2 rings (SSSR count). The maximum atomic E-state index is 13.1. The van der Waals surface area contributed by atoms with E-state index in [0.717, 1.165) is 10.0 Å². The van der Waals surface area contributed by atoms with Crippen LogP contribution in [0.2, 0.25) is 0 Å². The Labute approximate surface area is 107 Å². The maximum Gasteiger partial charge on any atom is 0.224 e. The summed E-state index contributed by atoms with van der Waals surface area (Å²) in [4.78, 5) is 13.3. The first-order chi connectivity index (χ1) is 7.56. The highest BCUT2D eigenvalue weighted by atomic mass is 79.9. The standard InChI is InChI=1S/C11H11BrFNOS/c12-10-2-1-8(13)3-7(10)5-14-6-9(16)4-11(14)15/h1-3,9,16H,4-6H2. The second kappa shape index (κ2) is 4.75. The van der Waals surface area contributed by atoms with Crippen LogP contribution in [-0.4, -0.2) is 22.6 Å². The average molecular weight is 304 g/mol. The third-order valence-electron chi connectivity index (χ3n) is 2.56. The normalized spacial score (nSPS) is 20.6. The molecule has 0 bridgehead atoms.